The van der Waals surface area contributed by atoms with E-state index in [1.807, 2.05) is 24.3 Å². The molecule has 2 heteroatoms. The second-order valence-corrected chi connectivity index (χ2v) is 3.23. The van der Waals surface area contributed by atoms with Crippen LogP contribution in [-0.4, -0.2) is 13.2 Å². The van der Waals surface area contributed by atoms with E-state index in [1.165, 1.54) is 0 Å². The molecule has 0 aliphatic heterocycles. The maximum Gasteiger partial charge on any atom is 0.148 e. The number of benzene rings is 1. The average Bonchev–Trinajstić information content (AvgIpc) is 2.33. The molecule has 1 N–H and O–H groups in total. The lowest BCUT2D eigenvalue weighted by Crippen LogP contribution is -2.15. The van der Waals surface area contributed by atoms with Crippen molar-refractivity contribution in [3.8, 4) is 30.4 Å². The van der Waals surface area contributed by atoms with E-state index in [0.29, 0.717) is 6.61 Å². The Labute approximate surface area is 97.0 Å². The first-order valence-corrected chi connectivity index (χ1v) is 5.17. The minimum atomic E-state index is 0.293. The molecule has 1 aromatic carbocycles. The molecular weight excluding hydrogens is 198 g/mol. The van der Waals surface area contributed by atoms with Gasteiger partial charge in [0.15, 0.2) is 0 Å². The Morgan fingerprint density at radius 2 is 2.00 bits per heavy atom. The summed E-state index contributed by atoms with van der Waals surface area (Å²) >= 11 is 0. The molecule has 0 spiro atoms. The summed E-state index contributed by atoms with van der Waals surface area (Å²) in [6.07, 6.45) is 11.0. The summed E-state index contributed by atoms with van der Waals surface area (Å²) in [5.74, 6) is 5.86. The van der Waals surface area contributed by atoms with Crippen LogP contribution in [0.4, 0.5) is 0 Å². The van der Waals surface area contributed by atoms with Gasteiger partial charge < -0.3 is 10.1 Å². The Hall–Kier alpha value is -1.90. The van der Waals surface area contributed by atoms with Crippen molar-refractivity contribution in [2.75, 3.05) is 13.2 Å². The SMILES string of the molecule is C#CCCNCc1ccccc1OCC#C. The van der Waals surface area contributed by atoms with Crippen LogP contribution in [0.3, 0.4) is 0 Å². The molecule has 1 rings (SSSR count). The molecule has 0 bridgehead atoms. The Morgan fingerprint density at radius 3 is 2.75 bits per heavy atom. The van der Waals surface area contributed by atoms with E-state index in [1.54, 1.807) is 0 Å². The molecule has 0 amide bonds. The summed E-state index contributed by atoms with van der Waals surface area (Å²) in [6, 6.07) is 7.82. The highest BCUT2D eigenvalue weighted by molar-refractivity contribution is 5.33. The first-order valence-electron chi connectivity index (χ1n) is 5.17. The van der Waals surface area contributed by atoms with Gasteiger partial charge in [0.05, 0.1) is 0 Å². The lowest BCUT2D eigenvalue weighted by atomic mass is 10.2. The van der Waals surface area contributed by atoms with Gasteiger partial charge in [0.25, 0.3) is 0 Å². The number of terminal acetylenes is 2. The van der Waals surface area contributed by atoms with Crippen LogP contribution >= 0.6 is 0 Å². The summed E-state index contributed by atoms with van der Waals surface area (Å²) in [5, 5.41) is 3.25. The van der Waals surface area contributed by atoms with Crippen LogP contribution in [0.15, 0.2) is 24.3 Å². The number of ether oxygens (including phenoxy) is 1. The fourth-order valence-electron chi connectivity index (χ4n) is 1.29. The van der Waals surface area contributed by atoms with Crippen molar-refractivity contribution in [3.05, 3.63) is 29.8 Å². The number of hydrogen-bond donors (Lipinski definition) is 1. The fourth-order valence-corrected chi connectivity index (χ4v) is 1.29. The van der Waals surface area contributed by atoms with Crippen LogP contribution in [0, 0.1) is 24.7 Å². The molecule has 1 aromatic rings. The molecule has 0 radical (unpaired) electrons. The van der Waals surface area contributed by atoms with Crippen molar-refractivity contribution in [2.45, 2.75) is 13.0 Å². The second kappa shape index (κ2) is 7.40. The van der Waals surface area contributed by atoms with Crippen LogP contribution < -0.4 is 10.1 Å². The zero-order valence-corrected chi connectivity index (χ0v) is 9.20. The van der Waals surface area contributed by atoms with Crippen molar-refractivity contribution in [3.63, 3.8) is 0 Å². The first kappa shape index (κ1) is 12.2. The van der Waals surface area contributed by atoms with Gasteiger partial charge in [0.1, 0.15) is 12.4 Å². The molecule has 0 saturated heterocycles. The molecule has 0 saturated carbocycles. The van der Waals surface area contributed by atoms with Crippen LogP contribution in [-0.2, 0) is 6.54 Å². The number of nitrogens with one attached hydrogen (secondary N) is 1. The van der Waals surface area contributed by atoms with E-state index in [2.05, 4.69) is 17.2 Å². The highest BCUT2D eigenvalue weighted by atomic mass is 16.5. The molecule has 0 fully saturated rings. The lowest BCUT2D eigenvalue weighted by molar-refractivity contribution is 0.365. The molecule has 82 valence electrons. The summed E-state index contributed by atoms with van der Waals surface area (Å²) in [6.45, 7) is 1.84. The number of rotatable bonds is 6. The molecule has 0 unspecified atom stereocenters. The smallest absolute Gasteiger partial charge is 0.148 e. The van der Waals surface area contributed by atoms with Crippen molar-refractivity contribution in [1.29, 1.82) is 0 Å². The van der Waals surface area contributed by atoms with Gasteiger partial charge in [0.2, 0.25) is 0 Å². The van der Waals surface area contributed by atoms with Crippen molar-refractivity contribution in [2.24, 2.45) is 0 Å². The van der Waals surface area contributed by atoms with Crippen LogP contribution in [0.5, 0.6) is 5.75 Å². The summed E-state index contributed by atoms with van der Waals surface area (Å²) in [7, 11) is 0. The summed E-state index contributed by atoms with van der Waals surface area (Å²) in [4.78, 5) is 0. The zero-order valence-electron chi connectivity index (χ0n) is 9.20. The second-order valence-electron chi connectivity index (χ2n) is 3.23. The maximum atomic E-state index is 5.43. The standard InChI is InChI=1S/C14H15NO/c1-3-5-10-15-12-13-8-6-7-9-14(13)16-11-4-2/h1-2,6-9,15H,5,10-12H2. The summed E-state index contributed by atoms with van der Waals surface area (Å²) < 4.78 is 5.43. The molecule has 0 aliphatic rings. The van der Waals surface area contributed by atoms with E-state index in [-0.39, 0.29) is 0 Å². The third-order valence-corrected chi connectivity index (χ3v) is 2.05. The van der Waals surface area contributed by atoms with Gasteiger partial charge >= 0.3 is 0 Å². The van der Waals surface area contributed by atoms with Gasteiger partial charge in [-0.05, 0) is 6.07 Å². The van der Waals surface area contributed by atoms with E-state index in [0.717, 1.165) is 30.8 Å². The first-order chi connectivity index (χ1) is 7.88. The molecule has 0 atom stereocenters. The van der Waals surface area contributed by atoms with Crippen molar-refractivity contribution in [1.82, 2.24) is 5.32 Å². The third kappa shape index (κ3) is 4.09. The molecule has 0 aromatic heterocycles. The van der Waals surface area contributed by atoms with E-state index >= 15 is 0 Å². The average molecular weight is 213 g/mol. The van der Waals surface area contributed by atoms with Gasteiger partial charge in [-0.3, -0.25) is 0 Å². The van der Waals surface area contributed by atoms with Gasteiger partial charge in [0, 0.05) is 25.1 Å². The Balaban J connectivity index is 2.51. The minimum Gasteiger partial charge on any atom is -0.481 e. The van der Waals surface area contributed by atoms with E-state index < -0.39 is 0 Å². The normalized spacial score (nSPS) is 9.12. The van der Waals surface area contributed by atoms with Crippen molar-refractivity contribution >= 4 is 0 Å². The number of para-hydroxylation sites is 1. The summed E-state index contributed by atoms with van der Waals surface area (Å²) in [5.41, 5.74) is 1.09. The molecule has 0 aliphatic carbocycles. The molecule has 2 nitrogen and oxygen atoms in total. The van der Waals surface area contributed by atoms with E-state index in [9.17, 15) is 0 Å². The van der Waals surface area contributed by atoms with Gasteiger partial charge in [-0.15, -0.1) is 18.8 Å². The Bertz CT molecular complexity index is 398. The van der Waals surface area contributed by atoms with Crippen LogP contribution in [0.1, 0.15) is 12.0 Å². The predicted octanol–water partition coefficient (Wildman–Crippen LogP) is 1.81. The van der Waals surface area contributed by atoms with Gasteiger partial charge in [-0.2, -0.15) is 0 Å². The lowest BCUT2D eigenvalue weighted by Gasteiger charge is -2.09. The quantitative estimate of drug-likeness (QED) is 0.575. The molecular formula is C14H15NO. The highest BCUT2D eigenvalue weighted by Crippen LogP contribution is 2.17. The Kier molecular flexibility index (Phi) is 5.63. The largest absolute Gasteiger partial charge is 0.481 e. The van der Waals surface area contributed by atoms with Crippen LogP contribution in [0.2, 0.25) is 0 Å². The number of hydrogen-bond acceptors (Lipinski definition) is 2. The molecule has 16 heavy (non-hydrogen) atoms. The predicted molar refractivity (Wildman–Crippen MR) is 65.9 cm³/mol. The zero-order chi connectivity index (χ0) is 11.6. The fraction of sp³-hybridized carbons (Fsp3) is 0.286. The topological polar surface area (TPSA) is 21.3 Å². The monoisotopic (exact) mass is 213 g/mol. The molecule has 0 heterocycles. The van der Waals surface area contributed by atoms with Crippen LogP contribution in [0.25, 0.3) is 0 Å². The van der Waals surface area contributed by atoms with Crippen molar-refractivity contribution < 1.29 is 4.74 Å². The maximum absolute atomic E-state index is 5.43. The third-order valence-electron chi connectivity index (χ3n) is 2.05. The highest BCUT2D eigenvalue weighted by Gasteiger charge is 2.01. The van der Waals surface area contributed by atoms with E-state index in [4.69, 9.17) is 17.6 Å². The van der Waals surface area contributed by atoms with Gasteiger partial charge in [-0.1, -0.05) is 24.1 Å². The minimum absolute atomic E-state index is 0.293. The Morgan fingerprint density at radius 1 is 1.19 bits per heavy atom. The van der Waals surface area contributed by atoms with Gasteiger partial charge in [-0.25, -0.2) is 0 Å².